The van der Waals surface area contributed by atoms with Gasteiger partial charge in [0, 0.05) is 6.04 Å². The van der Waals surface area contributed by atoms with Gasteiger partial charge in [0.1, 0.15) is 0 Å². The molecule has 0 saturated heterocycles. The van der Waals surface area contributed by atoms with Crippen LogP contribution in [0, 0.1) is 0 Å². The Balaban J connectivity index is 1.92. The average Bonchev–Trinajstić information content (AvgIpc) is 3.43. The molecule has 1 N–H and O–H groups in total. The fourth-order valence-electron chi connectivity index (χ4n) is 2.46. The first-order valence-electron chi connectivity index (χ1n) is 8.16. The maximum atomic E-state index is 13.0. The Morgan fingerprint density at radius 1 is 0.962 bits per heavy atom. The summed E-state index contributed by atoms with van der Waals surface area (Å²) in [5, 5.41) is 0. The summed E-state index contributed by atoms with van der Waals surface area (Å²) in [7, 11) is -7.46. The van der Waals surface area contributed by atoms with Gasteiger partial charge in [-0.25, -0.2) is 21.6 Å². The summed E-state index contributed by atoms with van der Waals surface area (Å²) < 4.78 is 54.2. The molecule has 0 spiro atoms. The van der Waals surface area contributed by atoms with E-state index >= 15 is 0 Å². The van der Waals surface area contributed by atoms with Crippen LogP contribution >= 0.6 is 0 Å². The molecule has 138 valence electrons. The number of para-hydroxylation sites is 1. The van der Waals surface area contributed by atoms with E-state index in [1.54, 1.807) is 30.3 Å². The second kappa shape index (κ2) is 7.22. The number of nitrogens with zero attached hydrogens (tertiary/aromatic N) is 1. The first kappa shape index (κ1) is 18.6. The minimum atomic E-state index is -3.84. The van der Waals surface area contributed by atoms with Gasteiger partial charge in [0.2, 0.25) is 10.0 Å². The molecule has 0 radical (unpaired) electrons. The zero-order valence-corrected chi connectivity index (χ0v) is 15.7. The highest BCUT2D eigenvalue weighted by atomic mass is 32.2. The molecule has 1 aliphatic rings. The fraction of sp³-hybridized carbons (Fsp3) is 0.222. The molecular formula is C18H20N2O4S2. The SMILES string of the molecule is C=CCN(c1ccccc1)S(=O)(=O)c1ccc(S(=O)(=O)NC2CC2)cc1. The summed E-state index contributed by atoms with van der Waals surface area (Å²) >= 11 is 0. The Bertz CT molecular complexity index is 981. The van der Waals surface area contributed by atoms with Gasteiger partial charge in [-0.05, 0) is 49.2 Å². The lowest BCUT2D eigenvalue weighted by molar-refractivity contribution is 0.580. The first-order chi connectivity index (χ1) is 12.3. The monoisotopic (exact) mass is 392 g/mol. The van der Waals surface area contributed by atoms with Gasteiger partial charge < -0.3 is 0 Å². The van der Waals surface area contributed by atoms with Gasteiger partial charge in [0.15, 0.2) is 0 Å². The molecule has 8 heteroatoms. The summed E-state index contributed by atoms with van der Waals surface area (Å²) in [6, 6.07) is 13.9. The van der Waals surface area contributed by atoms with E-state index in [2.05, 4.69) is 11.3 Å². The van der Waals surface area contributed by atoms with Gasteiger partial charge in [0.05, 0.1) is 22.0 Å². The van der Waals surface area contributed by atoms with Crippen LogP contribution in [0.3, 0.4) is 0 Å². The molecule has 3 rings (SSSR count). The van der Waals surface area contributed by atoms with E-state index in [0.29, 0.717) is 5.69 Å². The highest BCUT2D eigenvalue weighted by Crippen LogP contribution is 2.26. The maximum Gasteiger partial charge on any atom is 0.264 e. The number of hydrogen-bond donors (Lipinski definition) is 1. The summed E-state index contributed by atoms with van der Waals surface area (Å²) in [6.45, 7) is 3.73. The highest BCUT2D eigenvalue weighted by molar-refractivity contribution is 7.93. The van der Waals surface area contributed by atoms with Crippen molar-refractivity contribution in [1.29, 1.82) is 0 Å². The molecule has 26 heavy (non-hydrogen) atoms. The zero-order chi connectivity index (χ0) is 18.8. The molecule has 0 heterocycles. The molecule has 0 atom stereocenters. The van der Waals surface area contributed by atoms with Gasteiger partial charge in [-0.3, -0.25) is 4.31 Å². The van der Waals surface area contributed by atoms with Crippen molar-refractivity contribution in [2.24, 2.45) is 0 Å². The van der Waals surface area contributed by atoms with Crippen LogP contribution in [-0.2, 0) is 20.0 Å². The Morgan fingerprint density at radius 2 is 1.54 bits per heavy atom. The summed E-state index contributed by atoms with van der Waals surface area (Å²) in [6.07, 6.45) is 3.17. The molecule has 0 bridgehead atoms. The van der Waals surface area contributed by atoms with E-state index in [9.17, 15) is 16.8 Å². The summed E-state index contributed by atoms with van der Waals surface area (Å²) in [4.78, 5) is 0.0758. The quantitative estimate of drug-likeness (QED) is 0.700. The largest absolute Gasteiger partial charge is 0.264 e. The minimum absolute atomic E-state index is 0.00965. The van der Waals surface area contributed by atoms with Crippen molar-refractivity contribution in [3.05, 3.63) is 67.3 Å². The van der Waals surface area contributed by atoms with E-state index in [1.165, 1.54) is 34.6 Å². The summed E-state index contributed by atoms with van der Waals surface area (Å²) in [5.74, 6) is 0. The Morgan fingerprint density at radius 3 is 2.08 bits per heavy atom. The van der Waals surface area contributed by atoms with Gasteiger partial charge >= 0.3 is 0 Å². The van der Waals surface area contributed by atoms with Crippen LogP contribution in [0.2, 0.25) is 0 Å². The third-order valence-corrected chi connectivity index (χ3v) is 7.30. The van der Waals surface area contributed by atoms with Crippen LogP contribution < -0.4 is 9.03 Å². The lowest BCUT2D eigenvalue weighted by Crippen LogP contribution is -2.31. The maximum absolute atomic E-state index is 13.0. The van der Waals surface area contributed by atoms with Crippen molar-refractivity contribution in [2.75, 3.05) is 10.8 Å². The normalized spacial score (nSPS) is 14.8. The average molecular weight is 393 g/mol. The number of sulfonamides is 2. The lowest BCUT2D eigenvalue weighted by Gasteiger charge is -2.23. The molecule has 0 aliphatic heterocycles. The second-order valence-corrected chi connectivity index (χ2v) is 9.60. The number of rotatable bonds is 8. The van der Waals surface area contributed by atoms with E-state index in [-0.39, 0.29) is 22.4 Å². The second-order valence-electron chi connectivity index (χ2n) is 6.03. The van der Waals surface area contributed by atoms with Gasteiger partial charge in [-0.15, -0.1) is 6.58 Å². The molecule has 1 saturated carbocycles. The van der Waals surface area contributed by atoms with Crippen molar-refractivity contribution in [2.45, 2.75) is 28.7 Å². The number of nitrogens with one attached hydrogen (secondary N) is 1. The van der Waals surface area contributed by atoms with Crippen LogP contribution in [0.25, 0.3) is 0 Å². The minimum Gasteiger partial charge on any atom is -0.263 e. The van der Waals surface area contributed by atoms with Crippen LogP contribution in [0.5, 0.6) is 0 Å². The molecule has 0 aromatic heterocycles. The van der Waals surface area contributed by atoms with E-state index < -0.39 is 20.0 Å². The topological polar surface area (TPSA) is 83.6 Å². The van der Waals surface area contributed by atoms with E-state index in [0.717, 1.165) is 12.8 Å². The molecule has 2 aromatic carbocycles. The van der Waals surface area contributed by atoms with Crippen molar-refractivity contribution in [3.63, 3.8) is 0 Å². The zero-order valence-electron chi connectivity index (χ0n) is 14.1. The smallest absolute Gasteiger partial charge is 0.263 e. The van der Waals surface area contributed by atoms with Crippen molar-refractivity contribution >= 4 is 25.7 Å². The summed E-state index contributed by atoms with van der Waals surface area (Å²) in [5.41, 5.74) is 0.513. The van der Waals surface area contributed by atoms with E-state index in [1.807, 2.05) is 0 Å². The predicted molar refractivity (Wildman–Crippen MR) is 101 cm³/mol. The van der Waals surface area contributed by atoms with Crippen LogP contribution in [0.1, 0.15) is 12.8 Å². The van der Waals surface area contributed by atoms with Crippen molar-refractivity contribution < 1.29 is 16.8 Å². The fourth-order valence-corrected chi connectivity index (χ4v) is 5.20. The molecule has 6 nitrogen and oxygen atoms in total. The molecule has 0 unspecified atom stereocenters. The lowest BCUT2D eigenvalue weighted by atomic mass is 10.3. The third-order valence-electron chi connectivity index (χ3n) is 3.96. The molecule has 1 fully saturated rings. The molecule has 1 aliphatic carbocycles. The van der Waals surface area contributed by atoms with Crippen LogP contribution in [0.4, 0.5) is 5.69 Å². The van der Waals surface area contributed by atoms with Crippen molar-refractivity contribution in [3.8, 4) is 0 Å². The third kappa shape index (κ3) is 3.98. The standard InChI is InChI=1S/C18H20N2O4S2/c1-2-14-20(16-6-4-3-5-7-16)26(23,24)18-12-10-17(11-13-18)25(21,22)19-15-8-9-15/h2-7,10-13,15,19H,1,8-9,14H2. The molecule has 2 aromatic rings. The Hall–Kier alpha value is -2.16. The van der Waals surface area contributed by atoms with Gasteiger partial charge in [0.25, 0.3) is 10.0 Å². The molecular weight excluding hydrogens is 372 g/mol. The van der Waals surface area contributed by atoms with Gasteiger partial charge in [-0.1, -0.05) is 24.3 Å². The van der Waals surface area contributed by atoms with Crippen LogP contribution in [0.15, 0.2) is 77.0 Å². The van der Waals surface area contributed by atoms with E-state index in [4.69, 9.17) is 0 Å². The Labute approximate surface area is 154 Å². The van der Waals surface area contributed by atoms with Crippen molar-refractivity contribution in [1.82, 2.24) is 4.72 Å². The number of hydrogen-bond acceptors (Lipinski definition) is 4. The first-order valence-corrected chi connectivity index (χ1v) is 11.1. The highest BCUT2D eigenvalue weighted by Gasteiger charge is 2.29. The molecule has 0 amide bonds. The van der Waals surface area contributed by atoms with Crippen LogP contribution in [-0.4, -0.2) is 29.4 Å². The number of benzene rings is 2. The van der Waals surface area contributed by atoms with Gasteiger partial charge in [-0.2, -0.15) is 0 Å². The Kier molecular flexibility index (Phi) is 5.17. The number of anilines is 1. The predicted octanol–water partition coefficient (Wildman–Crippen LogP) is 2.51.